The van der Waals surface area contributed by atoms with Crippen molar-refractivity contribution in [3.05, 3.63) is 60.1 Å². The monoisotopic (exact) mass is 307 g/mol. The molecule has 2 rings (SSSR count). The standard InChI is InChI=1S/C16H21NO3S/c1-14(10-11-16-9-6-12-20-16)17(2)21(18,19)13-15-7-4-3-5-8-15/h3-9,12,14H,10-11,13H2,1-2H3/t14-/m1/s1. The third-order valence-corrected chi connectivity index (χ3v) is 5.58. The molecule has 0 aliphatic heterocycles. The van der Waals surface area contributed by atoms with Crippen molar-refractivity contribution in [3.8, 4) is 0 Å². The van der Waals surface area contributed by atoms with Crippen molar-refractivity contribution < 1.29 is 12.8 Å². The van der Waals surface area contributed by atoms with Crippen LogP contribution in [0.3, 0.4) is 0 Å². The van der Waals surface area contributed by atoms with Gasteiger partial charge in [0.15, 0.2) is 0 Å². The molecule has 1 atom stereocenters. The Labute approximate surface area is 126 Å². The number of benzene rings is 1. The van der Waals surface area contributed by atoms with Crippen LogP contribution < -0.4 is 0 Å². The number of rotatable bonds is 7. The quantitative estimate of drug-likeness (QED) is 0.790. The molecule has 0 bridgehead atoms. The highest BCUT2D eigenvalue weighted by atomic mass is 32.2. The summed E-state index contributed by atoms with van der Waals surface area (Å²) < 4.78 is 31.5. The van der Waals surface area contributed by atoms with Crippen LogP contribution in [0.1, 0.15) is 24.7 Å². The van der Waals surface area contributed by atoms with Crippen LogP contribution in [-0.4, -0.2) is 25.8 Å². The van der Waals surface area contributed by atoms with Gasteiger partial charge in [0.05, 0.1) is 12.0 Å². The van der Waals surface area contributed by atoms with Crippen molar-refractivity contribution in [3.63, 3.8) is 0 Å². The third kappa shape index (κ3) is 4.44. The average Bonchev–Trinajstić information content (AvgIpc) is 2.98. The number of furan rings is 1. The van der Waals surface area contributed by atoms with Crippen molar-refractivity contribution in [2.45, 2.75) is 31.6 Å². The molecule has 0 unspecified atom stereocenters. The lowest BCUT2D eigenvalue weighted by molar-refractivity contribution is 0.360. The lowest BCUT2D eigenvalue weighted by atomic mass is 10.1. The molecule has 0 saturated carbocycles. The zero-order valence-corrected chi connectivity index (χ0v) is 13.2. The van der Waals surface area contributed by atoms with Crippen LogP contribution in [0.15, 0.2) is 53.1 Å². The lowest BCUT2D eigenvalue weighted by Crippen LogP contribution is -2.36. The first-order valence-electron chi connectivity index (χ1n) is 7.01. The lowest BCUT2D eigenvalue weighted by Gasteiger charge is -2.24. The molecule has 0 aliphatic rings. The highest BCUT2D eigenvalue weighted by Crippen LogP contribution is 2.15. The van der Waals surface area contributed by atoms with E-state index in [4.69, 9.17) is 4.42 Å². The van der Waals surface area contributed by atoms with Crippen molar-refractivity contribution >= 4 is 10.0 Å². The second kappa shape index (κ2) is 6.91. The first kappa shape index (κ1) is 15.8. The van der Waals surface area contributed by atoms with E-state index in [-0.39, 0.29) is 11.8 Å². The minimum absolute atomic E-state index is 0.0371. The minimum Gasteiger partial charge on any atom is -0.469 e. The molecule has 0 spiro atoms. The van der Waals surface area contributed by atoms with Crippen LogP contribution in [0, 0.1) is 0 Å². The minimum atomic E-state index is -3.30. The fourth-order valence-electron chi connectivity index (χ4n) is 2.15. The van der Waals surface area contributed by atoms with Crippen LogP contribution in [0.25, 0.3) is 0 Å². The molecule has 0 N–H and O–H groups in total. The Morgan fingerprint density at radius 1 is 1.14 bits per heavy atom. The molecule has 1 aromatic heterocycles. The molecule has 1 heterocycles. The summed E-state index contributed by atoms with van der Waals surface area (Å²) in [6, 6.07) is 12.9. The van der Waals surface area contributed by atoms with Crippen LogP contribution >= 0.6 is 0 Å². The SMILES string of the molecule is C[C@H](CCc1ccco1)N(C)S(=O)(=O)Cc1ccccc1. The highest BCUT2D eigenvalue weighted by Gasteiger charge is 2.23. The van der Waals surface area contributed by atoms with Gasteiger partial charge >= 0.3 is 0 Å². The molecule has 0 fully saturated rings. The molecule has 0 radical (unpaired) electrons. The zero-order chi connectivity index (χ0) is 15.3. The molecule has 21 heavy (non-hydrogen) atoms. The van der Waals surface area contributed by atoms with E-state index in [2.05, 4.69) is 0 Å². The predicted octanol–water partition coefficient (Wildman–Crippen LogP) is 3.06. The van der Waals surface area contributed by atoms with Crippen molar-refractivity contribution in [1.82, 2.24) is 4.31 Å². The number of aryl methyl sites for hydroxylation is 1. The first-order chi connectivity index (χ1) is 9.99. The van der Waals surface area contributed by atoms with Gasteiger partial charge in [0.2, 0.25) is 10.0 Å². The molecule has 114 valence electrons. The van der Waals surface area contributed by atoms with Crippen LogP contribution in [0.2, 0.25) is 0 Å². The summed E-state index contributed by atoms with van der Waals surface area (Å²) in [5.41, 5.74) is 0.808. The van der Waals surface area contributed by atoms with Gasteiger partial charge in [0, 0.05) is 19.5 Å². The Kier molecular flexibility index (Phi) is 5.20. The van der Waals surface area contributed by atoms with Crippen molar-refractivity contribution in [2.24, 2.45) is 0 Å². The summed E-state index contributed by atoms with van der Waals surface area (Å²) in [4.78, 5) is 0. The first-order valence-corrected chi connectivity index (χ1v) is 8.62. The molecule has 0 amide bonds. The van der Waals surface area contributed by atoms with E-state index in [1.807, 2.05) is 49.4 Å². The Hall–Kier alpha value is -1.59. The van der Waals surface area contributed by atoms with Crippen molar-refractivity contribution in [2.75, 3.05) is 7.05 Å². The van der Waals surface area contributed by atoms with E-state index in [0.29, 0.717) is 0 Å². The molecular weight excluding hydrogens is 286 g/mol. The molecule has 2 aromatic rings. The third-order valence-electron chi connectivity index (χ3n) is 3.64. The number of sulfonamides is 1. The normalized spacial score (nSPS) is 13.5. The van der Waals surface area contributed by atoms with Crippen LogP contribution in [0.4, 0.5) is 0 Å². The smallest absolute Gasteiger partial charge is 0.218 e. The van der Waals surface area contributed by atoms with Gasteiger partial charge in [0.1, 0.15) is 5.76 Å². The van der Waals surface area contributed by atoms with Gasteiger partial charge < -0.3 is 4.42 Å². The van der Waals surface area contributed by atoms with E-state index in [9.17, 15) is 8.42 Å². The molecule has 5 heteroatoms. The maximum absolute atomic E-state index is 12.4. The van der Waals surface area contributed by atoms with Gasteiger partial charge in [-0.3, -0.25) is 0 Å². The van der Waals surface area contributed by atoms with E-state index >= 15 is 0 Å². The van der Waals surface area contributed by atoms with Crippen molar-refractivity contribution in [1.29, 1.82) is 0 Å². The van der Waals surface area contributed by atoms with E-state index < -0.39 is 10.0 Å². The number of hydrogen-bond acceptors (Lipinski definition) is 3. The van der Waals surface area contributed by atoms with E-state index in [1.165, 1.54) is 4.31 Å². The fraction of sp³-hybridized carbons (Fsp3) is 0.375. The number of nitrogens with zero attached hydrogens (tertiary/aromatic N) is 1. The van der Waals surface area contributed by atoms with Crippen LogP contribution in [-0.2, 0) is 22.2 Å². The largest absolute Gasteiger partial charge is 0.469 e. The second-order valence-electron chi connectivity index (χ2n) is 5.23. The molecular formula is C16H21NO3S. The molecule has 4 nitrogen and oxygen atoms in total. The summed E-state index contributed by atoms with van der Waals surface area (Å²) in [6.45, 7) is 1.92. The Morgan fingerprint density at radius 2 is 1.86 bits per heavy atom. The summed E-state index contributed by atoms with van der Waals surface area (Å²) in [5, 5.41) is 0. The maximum atomic E-state index is 12.4. The Morgan fingerprint density at radius 3 is 2.48 bits per heavy atom. The highest BCUT2D eigenvalue weighted by molar-refractivity contribution is 7.88. The number of hydrogen-bond donors (Lipinski definition) is 0. The summed E-state index contributed by atoms with van der Waals surface area (Å²) in [7, 11) is -1.66. The molecule has 0 aliphatic carbocycles. The zero-order valence-electron chi connectivity index (χ0n) is 12.4. The molecule has 1 aromatic carbocycles. The van der Waals surface area contributed by atoms with Gasteiger partial charge in [-0.2, -0.15) is 0 Å². The predicted molar refractivity (Wildman–Crippen MR) is 83.3 cm³/mol. The van der Waals surface area contributed by atoms with Gasteiger partial charge in [0.25, 0.3) is 0 Å². The van der Waals surface area contributed by atoms with Gasteiger partial charge in [-0.25, -0.2) is 12.7 Å². The van der Waals surface area contributed by atoms with Gasteiger partial charge in [-0.1, -0.05) is 30.3 Å². The topological polar surface area (TPSA) is 50.5 Å². The maximum Gasteiger partial charge on any atom is 0.218 e. The van der Waals surface area contributed by atoms with E-state index in [1.54, 1.807) is 13.3 Å². The average molecular weight is 307 g/mol. The summed E-state index contributed by atoms with van der Waals surface area (Å²) in [5.74, 6) is 0.922. The summed E-state index contributed by atoms with van der Waals surface area (Å²) >= 11 is 0. The van der Waals surface area contributed by atoms with Gasteiger partial charge in [-0.15, -0.1) is 0 Å². The fourth-order valence-corrected chi connectivity index (χ4v) is 3.62. The Balaban J connectivity index is 1.95. The second-order valence-corrected chi connectivity index (χ2v) is 7.25. The van der Waals surface area contributed by atoms with Crippen LogP contribution in [0.5, 0.6) is 0 Å². The Bertz CT molecular complexity index is 635. The van der Waals surface area contributed by atoms with E-state index in [0.717, 1.165) is 24.2 Å². The molecule has 0 saturated heterocycles. The van der Waals surface area contributed by atoms with Gasteiger partial charge in [-0.05, 0) is 31.0 Å². The summed E-state index contributed by atoms with van der Waals surface area (Å²) in [6.07, 6.45) is 3.10.